The summed E-state index contributed by atoms with van der Waals surface area (Å²) in [7, 11) is -3.54. The second-order valence-corrected chi connectivity index (χ2v) is 12.3. The van der Waals surface area contributed by atoms with Crippen LogP contribution in [0.4, 0.5) is 16.5 Å². The Morgan fingerprint density at radius 1 is 1.10 bits per heavy atom. The number of fused-ring (bicyclic) bond motifs is 1. The molecule has 2 aliphatic heterocycles. The van der Waals surface area contributed by atoms with Crippen molar-refractivity contribution < 1.29 is 27.6 Å². The summed E-state index contributed by atoms with van der Waals surface area (Å²) in [6, 6.07) is 9.42. The third-order valence-corrected chi connectivity index (χ3v) is 8.93. The van der Waals surface area contributed by atoms with Crippen LogP contribution < -0.4 is 9.80 Å². The zero-order chi connectivity index (χ0) is 27.6. The Morgan fingerprint density at radius 3 is 2.46 bits per heavy atom. The van der Waals surface area contributed by atoms with Crippen LogP contribution in [0.15, 0.2) is 41.3 Å². The molecule has 12 nitrogen and oxygen atoms in total. The van der Waals surface area contributed by atoms with Crippen molar-refractivity contribution in [1.82, 2.24) is 9.88 Å². The number of sulfone groups is 1. The summed E-state index contributed by atoms with van der Waals surface area (Å²) >= 11 is 1.21. The maximum atomic E-state index is 13.9. The Bertz CT molecular complexity index is 1480. The first kappa shape index (κ1) is 27.4. The predicted octanol–water partition coefficient (Wildman–Crippen LogP) is 2.42. The molecule has 0 atom stereocenters. The van der Waals surface area contributed by atoms with Crippen molar-refractivity contribution in [3.63, 3.8) is 0 Å². The number of nitro benzene ring substituents is 1. The molecule has 0 spiro atoms. The first-order valence-electron chi connectivity index (χ1n) is 12.5. The standard InChI is InChI=1S/C25H29N5O7S2/c1-39(34,35)22-4-2-3-21-23(22)26-25(38-21)29(8-7-27-9-13-36-14-10-27)24(31)18-5-6-19(20(17-18)30(32)33)28-11-15-37-16-12-28/h2-6,17H,7-16H2,1H3. The van der Waals surface area contributed by atoms with Crippen molar-refractivity contribution in [3.05, 3.63) is 52.1 Å². The van der Waals surface area contributed by atoms with Crippen LogP contribution in [0.2, 0.25) is 0 Å². The van der Waals surface area contributed by atoms with Gasteiger partial charge in [0, 0.05) is 57.2 Å². The summed E-state index contributed by atoms with van der Waals surface area (Å²) in [4.78, 5) is 35.6. The zero-order valence-electron chi connectivity index (χ0n) is 21.4. The summed E-state index contributed by atoms with van der Waals surface area (Å²) < 4.78 is 36.2. The number of para-hydroxylation sites is 1. The highest BCUT2D eigenvalue weighted by Crippen LogP contribution is 2.35. The van der Waals surface area contributed by atoms with E-state index in [9.17, 15) is 23.3 Å². The van der Waals surface area contributed by atoms with Gasteiger partial charge in [0.1, 0.15) is 11.2 Å². The minimum Gasteiger partial charge on any atom is -0.379 e. The van der Waals surface area contributed by atoms with Gasteiger partial charge >= 0.3 is 0 Å². The number of thiazole rings is 1. The van der Waals surface area contributed by atoms with E-state index in [1.807, 2.05) is 4.90 Å². The van der Waals surface area contributed by atoms with Crippen LogP contribution in [0.25, 0.3) is 10.2 Å². The molecular formula is C25H29N5O7S2. The fourth-order valence-electron chi connectivity index (χ4n) is 4.71. The molecule has 2 aromatic carbocycles. The molecule has 2 saturated heterocycles. The number of amides is 1. The quantitative estimate of drug-likeness (QED) is 0.291. The Kier molecular flexibility index (Phi) is 8.09. The zero-order valence-corrected chi connectivity index (χ0v) is 23.1. The third-order valence-electron chi connectivity index (χ3n) is 6.76. The third kappa shape index (κ3) is 6.04. The number of carbonyl (C=O) groups excluding carboxylic acids is 1. The number of aromatic nitrogens is 1. The van der Waals surface area contributed by atoms with E-state index in [0.717, 1.165) is 19.3 Å². The maximum absolute atomic E-state index is 13.9. The van der Waals surface area contributed by atoms with E-state index in [2.05, 4.69) is 9.88 Å². The first-order valence-corrected chi connectivity index (χ1v) is 15.3. The van der Waals surface area contributed by atoms with Crippen molar-refractivity contribution in [1.29, 1.82) is 0 Å². The summed E-state index contributed by atoms with van der Waals surface area (Å²) in [6.45, 7) is 5.44. The van der Waals surface area contributed by atoms with Gasteiger partial charge in [0.05, 0.1) is 40.9 Å². The highest BCUT2D eigenvalue weighted by atomic mass is 32.2. The van der Waals surface area contributed by atoms with Gasteiger partial charge in [-0.05, 0) is 24.3 Å². The van der Waals surface area contributed by atoms with E-state index in [4.69, 9.17) is 9.47 Å². The van der Waals surface area contributed by atoms with Crippen molar-refractivity contribution in [2.75, 3.05) is 81.8 Å². The van der Waals surface area contributed by atoms with E-state index >= 15 is 0 Å². The van der Waals surface area contributed by atoms with Crippen molar-refractivity contribution >= 4 is 53.8 Å². The van der Waals surface area contributed by atoms with Gasteiger partial charge in [-0.3, -0.25) is 24.7 Å². The van der Waals surface area contributed by atoms with E-state index in [1.165, 1.54) is 28.4 Å². The Labute approximate surface area is 229 Å². The first-order chi connectivity index (χ1) is 18.7. The average Bonchev–Trinajstić information content (AvgIpc) is 3.37. The molecular weight excluding hydrogens is 546 g/mol. The summed E-state index contributed by atoms with van der Waals surface area (Å²) in [5, 5.41) is 12.3. The van der Waals surface area contributed by atoms with Crippen molar-refractivity contribution in [3.8, 4) is 0 Å². The molecule has 0 radical (unpaired) electrons. The molecule has 39 heavy (non-hydrogen) atoms. The minimum absolute atomic E-state index is 0.0913. The van der Waals surface area contributed by atoms with Crippen LogP contribution in [0.3, 0.4) is 0 Å². The van der Waals surface area contributed by atoms with Crippen LogP contribution >= 0.6 is 11.3 Å². The van der Waals surface area contributed by atoms with Gasteiger partial charge in [-0.25, -0.2) is 13.4 Å². The van der Waals surface area contributed by atoms with Gasteiger partial charge in [0.25, 0.3) is 11.6 Å². The number of benzene rings is 2. The molecule has 3 aromatic rings. The maximum Gasteiger partial charge on any atom is 0.293 e. The fourth-order valence-corrected chi connectivity index (χ4v) is 6.62. The predicted molar refractivity (Wildman–Crippen MR) is 148 cm³/mol. The molecule has 0 aliphatic carbocycles. The molecule has 1 aromatic heterocycles. The molecule has 1 amide bonds. The number of nitrogens with zero attached hydrogens (tertiary/aromatic N) is 5. The SMILES string of the molecule is CS(=O)(=O)c1cccc2sc(N(CCN3CCOCC3)C(=O)c3ccc(N4CCOCC4)c([N+](=O)[O-])c3)nc12. The molecule has 0 bridgehead atoms. The number of hydrogen-bond donors (Lipinski definition) is 0. The molecule has 0 saturated carbocycles. The van der Waals surface area contributed by atoms with Gasteiger partial charge in [-0.15, -0.1) is 0 Å². The normalized spacial score (nSPS) is 16.9. The molecule has 0 unspecified atom stereocenters. The molecule has 3 heterocycles. The molecule has 2 fully saturated rings. The van der Waals surface area contributed by atoms with E-state index in [-0.39, 0.29) is 22.7 Å². The van der Waals surface area contributed by atoms with Gasteiger partial charge < -0.3 is 14.4 Å². The second-order valence-electron chi connectivity index (χ2n) is 9.34. The van der Waals surface area contributed by atoms with Crippen LogP contribution in [0, 0.1) is 10.1 Å². The lowest BCUT2D eigenvalue weighted by Crippen LogP contribution is -2.43. The van der Waals surface area contributed by atoms with Gasteiger partial charge in [0.15, 0.2) is 15.0 Å². The van der Waals surface area contributed by atoms with Gasteiger partial charge in [0.2, 0.25) is 0 Å². The largest absolute Gasteiger partial charge is 0.379 e. The van der Waals surface area contributed by atoms with Crippen LogP contribution in [-0.2, 0) is 19.3 Å². The lowest BCUT2D eigenvalue weighted by atomic mass is 10.1. The van der Waals surface area contributed by atoms with E-state index in [0.29, 0.717) is 67.1 Å². The summed E-state index contributed by atoms with van der Waals surface area (Å²) in [5.41, 5.74) is 0.748. The number of rotatable bonds is 8. The van der Waals surface area contributed by atoms with E-state index < -0.39 is 20.7 Å². The molecule has 2 aliphatic rings. The second kappa shape index (κ2) is 11.5. The summed E-state index contributed by atoms with van der Waals surface area (Å²) in [5.74, 6) is -0.445. The monoisotopic (exact) mass is 575 g/mol. The number of nitro groups is 1. The lowest BCUT2D eigenvalue weighted by molar-refractivity contribution is -0.384. The number of hydrogen-bond acceptors (Lipinski definition) is 11. The smallest absolute Gasteiger partial charge is 0.293 e. The van der Waals surface area contributed by atoms with Crippen LogP contribution in [-0.4, -0.2) is 101 Å². The number of anilines is 2. The van der Waals surface area contributed by atoms with Crippen LogP contribution in [0.5, 0.6) is 0 Å². The Hall–Kier alpha value is -3.17. The number of ether oxygens (including phenoxy) is 2. The minimum atomic E-state index is -3.54. The lowest BCUT2D eigenvalue weighted by Gasteiger charge is -2.30. The average molecular weight is 576 g/mol. The molecule has 5 rings (SSSR count). The number of carbonyl (C=O) groups is 1. The fraction of sp³-hybridized carbons (Fsp3) is 0.440. The Balaban J connectivity index is 1.52. The van der Waals surface area contributed by atoms with Crippen molar-refractivity contribution in [2.45, 2.75) is 4.90 Å². The summed E-state index contributed by atoms with van der Waals surface area (Å²) in [6.07, 6.45) is 1.12. The van der Waals surface area contributed by atoms with Gasteiger partial charge in [-0.1, -0.05) is 17.4 Å². The highest BCUT2D eigenvalue weighted by Gasteiger charge is 2.28. The molecule has 208 valence electrons. The molecule has 0 N–H and O–H groups in total. The molecule has 14 heteroatoms. The number of morpholine rings is 2. The topological polar surface area (TPSA) is 135 Å². The van der Waals surface area contributed by atoms with E-state index in [1.54, 1.807) is 24.3 Å². The van der Waals surface area contributed by atoms with Gasteiger partial charge in [-0.2, -0.15) is 0 Å². The Morgan fingerprint density at radius 2 is 1.79 bits per heavy atom. The van der Waals surface area contributed by atoms with Crippen molar-refractivity contribution in [2.24, 2.45) is 0 Å². The highest BCUT2D eigenvalue weighted by molar-refractivity contribution is 7.91. The van der Waals surface area contributed by atoms with Crippen LogP contribution in [0.1, 0.15) is 10.4 Å².